The molecule has 1 aliphatic heterocycles. The fourth-order valence-corrected chi connectivity index (χ4v) is 2.82. The number of benzene rings is 2. The van der Waals surface area contributed by atoms with Crippen molar-refractivity contribution in [2.24, 2.45) is 0 Å². The fraction of sp³-hybridized carbons (Fsp3) is 0.316. The second-order valence-electron chi connectivity index (χ2n) is 5.94. The zero-order valence-corrected chi connectivity index (χ0v) is 15.2. The first kappa shape index (κ1) is 18.9. The van der Waals surface area contributed by atoms with E-state index in [0.29, 0.717) is 24.4 Å². The number of ether oxygens (including phenoxy) is 2. The lowest BCUT2D eigenvalue weighted by molar-refractivity contribution is 0.0950. The van der Waals surface area contributed by atoms with Crippen LogP contribution in [-0.2, 0) is 13.0 Å². The van der Waals surface area contributed by atoms with E-state index in [4.69, 9.17) is 15.2 Å². The molecule has 0 radical (unpaired) electrons. The van der Waals surface area contributed by atoms with Crippen molar-refractivity contribution >= 4 is 24.0 Å². The summed E-state index contributed by atoms with van der Waals surface area (Å²) in [4.78, 5) is 12.3. The zero-order valence-electron chi connectivity index (χ0n) is 14.4. The van der Waals surface area contributed by atoms with E-state index in [1.807, 2.05) is 26.0 Å². The Morgan fingerprint density at radius 1 is 1.32 bits per heavy atom. The Balaban J connectivity index is 0.00000225. The van der Waals surface area contributed by atoms with Crippen molar-refractivity contribution in [1.82, 2.24) is 5.32 Å². The van der Waals surface area contributed by atoms with Crippen LogP contribution in [0, 0.1) is 0 Å². The van der Waals surface area contributed by atoms with Crippen LogP contribution in [0.5, 0.6) is 11.5 Å². The second-order valence-corrected chi connectivity index (χ2v) is 5.94. The minimum absolute atomic E-state index is 0. The van der Waals surface area contributed by atoms with Crippen molar-refractivity contribution in [2.75, 3.05) is 12.3 Å². The Kier molecular flexibility index (Phi) is 6.15. The first-order valence-corrected chi connectivity index (χ1v) is 8.15. The molecule has 6 heteroatoms. The lowest BCUT2D eigenvalue weighted by atomic mass is 10.1. The third-order valence-corrected chi connectivity index (χ3v) is 3.99. The third kappa shape index (κ3) is 4.37. The summed E-state index contributed by atoms with van der Waals surface area (Å²) in [5, 5.41) is 2.92. The zero-order chi connectivity index (χ0) is 17.1. The number of hydrogen-bond acceptors (Lipinski definition) is 4. The lowest BCUT2D eigenvalue weighted by Crippen LogP contribution is -2.23. The van der Waals surface area contributed by atoms with Gasteiger partial charge in [-0.1, -0.05) is 0 Å². The maximum Gasteiger partial charge on any atom is 0.251 e. The molecule has 0 spiro atoms. The minimum atomic E-state index is -0.146. The molecule has 1 aliphatic rings. The van der Waals surface area contributed by atoms with E-state index in [2.05, 4.69) is 5.32 Å². The van der Waals surface area contributed by atoms with Crippen molar-refractivity contribution in [1.29, 1.82) is 0 Å². The van der Waals surface area contributed by atoms with Crippen molar-refractivity contribution in [3.05, 3.63) is 53.1 Å². The van der Waals surface area contributed by atoms with Gasteiger partial charge in [0.25, 0.3) is 5.91 Å². The Morgan fingerprint density at radius 2 is 2.04 bits per heavy atom. The molecule has 2 aromatic rings. The van der Waals surface area contributed by atoms with Crippen LogP contribution in [0.15, 0.2) is 36.4 Å². The van der Waals surface area contributed by atoms with Gasteiger partial charge in [-0.25, -0.2) is 0 Å². The van der Waals surface area contributed by atoms with E-state index in [0.717, 1.165) is 29.0 Å². The SMILES string of the molecule is CCOc1cc2c(cc1CNC(=O)c1ccc(N)cc1)OC(C)C2.Cl. The molecule has 1 unspecified atom stereocenters. The van der Waals surface area contributed by atoms with Gasteiger partial charge in [0, 0.05) is 35.3 Å². The summed E-state index contributed by atoms with van der Waals surface area (Å²) < 4.78 is 11.5. The van der Waals surface area contributed by atoms with Crippen LogP contribution in [0.2, 0.25) is 0 Å². The molecule has 0 bridgehead atoms. The molecule has 3 rings (SSSR count). The quantitative estimate of drug-likeness (QED) is 0.800. The van der Waals surface area contributed by atoms with Crippen LogP contribution < -0.4 is 20.5 Å². The number of halogens is 1. The molecule has 2 aromatic carbocycles. The minimum Gasteiger partial charge on any atom is -0.494 e. The van der Waals surface area contributed by atoms with Crippen LogP contribution in [0.1, 0.15) is 35.3 Å². The highest BCUT2D eigenvalue weighted by atomic mass is 35.5. The summed E-state index contributed by atoms with van der Waals surface area (Å²) >= 11 is 0. The van der Waals surface area contributed by atoms with Crippen LogP contribution in [0.3, 0.4) is 0 Å². The molecule has 5 nitrogen and oxygen atoms in total. The smallest absolute Gasteiger partial charge is 0.251 e. The van der Waals surface area contributed by atoms with Gasteiger partial charge in [0.2, 0.25) is 0 Å². The van der Waals surface area contributed by atoms with E-state index in [1.54, 1.807) is 24.3 Å². The highest BCUT2D eigenvalue weighted by Crippen LogP contribution is 2.35. The number of anilines is 1. The van der Waals surface area contributed by atoms with Crippen molar-refractivity contribution < 1.29 is 14.3 Å². The fourth-order valence-electron chi connectivity index (χ4n) is 2.82. The third-order valence-electron chi connectivity index (χ3n) is 3.99. The van der Waals surface area contributed by atoms with Gasteiger partial charge in [-0.3, -0.25) is 4.79 Å². The summed E-state index contributed by atoms with van der Waals surface area (Å²) in [6.45, 7) is 4.95. The van der Waals surface area contributed by atoms with Crippen molar-refractivity contribution in [3.8, 4) is 11.5 Å². The summed E-state index contributed by atoms with van der Waals surface area (Å²) in [5.74, 6) is 1.53. The second kappa shape index (κ2) is 8.12. The summed E-state index contributed by atoms with van der Waals surface area (Å²) in [6.07, 6.45) is 1.06. The largest absolute Gasteiger partial charge is 0.494 e. The molecule has 1 amide bonds. The van der Waals surface area contributed by atoms with Crippen molar-refractivity contribution in [2.45, 2.75) is 32.9 Å². The highest BCUT2D eigenvalue weighted by molar-refractivity contribution is 5.94. The summed E-state index contributed by atoms with van der Waals surface area (Å²) in [5.41, 5.74) is 8.92. The number of carbonyl (C=O) groups excluding carboxylic acids is 1. The number of carbonyl (C=O) groups is 1. The molecule has 1 heterocycles. The molecule has 3 N–H and O–H groups in total. The van der Waals surface area contributed by atoms with E-state index in [1.165, 1.54) is 0 Å². The number of nitrogens with one attached hydrogen (secondary N) is 1. The first-order valence-electron chi connectivity index (χ1n) is 8.15. The van der Waals surface area contributed by atoms with E-state index in [9.17, 15) is 4.79 Å². The normalized spacial score (nSPS) is 14.9. The van der Waals surface area contributed by atoms with E-state index >= 15 is 0 Å². The van der Waals surface area contributed by atoms with E-state index in [-0.39, 0.29) is 24.4 Å². The van der Waals surface area contributed by atoms with Crippen LogP contribution in [-0.4, -0.2) is 18.6 Å². The van der Waals surface area contributed by atoms with Crippen LogP contribution >= 0.6 is 12.4 Å². The van der Waals surface area contributed by atoms with Crippen LogP contribution in [0.4, 0.5) is 5.69 Å². The number of nitrogen functional groups attached to an aromatic ring is 1. The number of fused-ring (bicyclic) bond motifs is 1. The van der Waals surface area contributed by atoms with Gasteiger partial charge in [-0.05, 0) is 50.2 Å². The predicted octanol–water partition coefficient (Wildman–Crippen LogP) is 3.34. The van der Waals surface area contributed by atoms with Gasteiger partial charge in [0.1, 0.15) is 17.6 Å². The monoisotopic (exact) mass is 362 g/mol. The molecule has 1 atom stereocenters. The highest BCUT2D eigenvalue weighted by Gasteiger charge is 2.22. The maximum atomic E-state index is 12.3. The molecular weight excluding hydrogens is 340 g/mol. The van der Waals surface area contributed by atoms with Gasteiger partial charge < -0.3 is 20.5 Å². The van der Waals surface area contributed by atoms with Crippen LogP contribution in [0.25, 0.3) is 0 Å². The molecule has 0 aliphatic carbocycles. The van der Waals surface area contributed by atoms with Gasteiger partial charge in [-0.15, -0.1) is 12.4 Å². The molecule has 0 saturated heterocycles. The molecule has 134 valence electrons. The summed E-state index contributed by atoms with van der Waals surface area (Å²) in [7, 11) is 0. The Bertz CT molecular complexity index is 747. The Labute approximate surface area is 153 Å². The molecular formula is C19H23ClN2O3. The number of hydrogen-bond donors (Lipinski definition) is 2. The Hall–Kier alpha value is -2.40. The Morgan fingerprint density at radius 3 is 2.72 bits per heavy atom. The average Bonchev–Trinajstić information content (AvgIpc) is 2.92. The molecule has 25 heavy (non-hydrogen) atoms. The number of nitrogens with two attached hydrogens (primary N) is 1. The van der Waals surface area contributed by atoms with Gasteiger partial charge >= 0.3 is 0 Å². The van der Waals surface area contributed by atoms with Gasteiger partial charge in [0.15, 0.2) is 0 Å². The van der Waals surface area contributed by atoms with E-state index < -0.39 is 0 Å². The maximum absolute atomic E-state index is 12.3. The molecule has 0 saturated carbocycles. The molecule has 0 fully saturated rings. The molecule has 0 aromatic heterocycles. The van der Waals surface area contributed by atoms with Crippen molar-refractivity contribution in [3.63, 3.8) is 0 Å². The number of rotatable bonds is 5. The standard InChI is InChI=1S/C19H22N2O3.ClH/c1-3-23-17-9-14-8-12(2)24-18(14)10-15(17)11-21-19(22)13-4-6-16(20)7-5-13;/h4-7,9-10,12H,3,8,11,20H2,1-2H3,(H,21,22);1H. The topological polar surface area (TPSA) is 73.6 Å². The predicted molar refractivity (Wildman–Crippen MR) is 101 cm³/mol. The summed E-state index contributed by atoms with van der Waals surface area (Å²) in [6, 6.07) is 10.8. The van der Waals surface area contributed by atoms with Gasteiger partial charge in [0.05, 0.1) is 6.61 Å². The average molecular weight is 363 g/mol. The number of amides is 1. The first-order chi connectivity index (χ1) is 11.6. The van der Waals surface area contributed by atoms with Gasteiger partial charge in [-0.2, -0.15) is 0 Å². The lowest BCUT2D eigenvalue weighted by Gasteiger charge is -2.13.